The van der Waals surface area contributed by atoms with Gasteiger partial charge in [-0.3, -0.25) is 4.79 Å². The number of amides is 1. The van der Waals surface area contributed by atoms with Crippen molar-refractivity contribution in [3.05, 3.63) is 0 Å². The number of hydrogen-bond acceptors (Lipinski definition) is 3. The van der Waals surface area contributed by atoms with Crippen LogP contribution in [-0.4, -0.2) is 49.2 Å². The third-order valence-corrected chi connectivity index (χ3v) is 5.14. The summed E-state index contributed by atoms with van der Waals surface area (Å²) >= 11 is 0. The normalized spacial score (nSPS) is 38.8. The first-order chi connectivity index (χ1) is 8.60. The molecule has 4 nitrogen and oxygen atoms in total. The van der Waals surface area contributed by atoms with Crippen LogP contribution in [0.2, 0.25) is 0 Å². The second-order valence-electron chi connectivity index (χ2n) is 6.54. The summed E-state index contributed by atoms with van der Waals surface area (Å²) in [6.45, 7) is 8.96. The molecule has 102 valence electrons. The van der Waals surface area contributed by atoms with Crippen molar-refractivity contribution in [2.75, 3.05) is 32.8 Å². The second kappa shape index (κ2) is 4.49. The van der Waals surface area contributed by atoms with Crippen LogP contribution in [0.3, 0.4) is 0 Å². The van der Waals surface area contributed by atoms with E-state index in [2.05, 4.69) is 24.1 Å². The van der Waals surface area contributed by atoms with Gasteiger partial charge < -0.3 is 15.0 Å². The van der Waals surface area contributed by atoms with Crippen molar-refractivity contribution in [2.45, 2.75) is 32.2 Å². The molecule has 3 aliphatic rings. The quantitative estimate of drug-likeness (QED) is 0.753. The van der Waals surface area contributed by atoms with Gasteiger partial charge in [-0.15, -0.1) is 0 Å². The Morgan fingerprint density at radius 3 is 2.89 bits per heavy atom. The van der Waals surface area contributed by atoms with Crippen molar-refractivity contribution >= 4 is 5.91 Å². The van der Waals surface area contributed by atoms with E-state index in [4.69, 9.17) is 4.74 Å². The fraction of sp³-hybridized carbons (Fsp3) is 0.929. The maximum Gasteiger partial charge on any atom is 0.228 e. The summed E-state index contributed by atoms with van der Waals surface area (Å²) < 4.78 is 5.47. The van der Waals surface area contributed by atoms with Gasteiger partial charge in [-0.05, 0) is 38.5 Å². The van der Waals surface area contributed by atoms with Gasteiger partial charge in [0.15, 0.2) is 0 Å². The molecule has 3 atom stereocenters. The SMILES string of the molecule is CC1(C)C2CNCC2CN1C(=O)C1CCCOC1. The Kier molecular flexibility index (Phi) is 3.10. The topological polar surface area (TPSA) is 41.6 Å². The Bertz CT molecular complexity index is 337. The minimum Gasteiger partial charge on any atom is -0.381 e. The lowest BCUT2D eigenvalue weighted by molar-refractivity contribution is -0.143. The Morgan fingerprint density at radius 2 is 2.22 bits per heavy atom. The molecule has 0 saturated carbocycles. The molecule has 0 aliphatic carbocycles. The summed E-state index contributed by atoms with van der Waals surface area (Å²) in [5, 5.41) is 3.46. The van der Waals surface area contributed by atoms with Gasteiger partial charge in [-0.2, -0.15) is 0 Å². The fourth-order valence-electron chi connectivity index (χ4n) is 3.95. The number of carbonyl (C=O) groups is 1. The van der Waals surface area contributed by atoms with E-state index < -0.39 is 0 Å². The third-order valence-electron chi connectivity index (χ3n) is 5.14. The summed E-state index contributed by atoms with van der Waals surface area (Å²) in [7, 11) is 0. The van der Waals surface area contributed by atoms with Crippen LogP contribution in [0.1, 0.15) is 26.7 Å². The smallest absolute Gasteiger partial charge is 0.228 e. The minimum absolute atomic E-state index is 0.00268. The van der Waals surface area contributed by atoms with Gasteiger partial charge >= 0.3 is 0 Å². The van der Waals surface area contributed by atoms with Crippen LogP contribution in [0, 0.1) is 17.8 Å². The number of rotatable bonds is 1. The molecular formula is C14H24N2O2. The molecule has 0 aromatic rings. The van der Waals surface area contributed by atoms with E-state index in [1.807, 2.05) is 0 Å². The van der Waals surface area contributed by atoms with Crippen molar-refractivity contribution in [1.29, 1.82) is 0 Å². The largest absolute Gasteiger partial charge is 0.381 e. The number of carbonyl (C=O) groups excluding carboxylic acids is 1. The van der Waals surface area contributed by atoms with Gasteiger partial charge in [-0.25, -0.2) is 0 Å². The zero-order valence-electron chi connectivity index (χ0n) is 11.4. The van der Waals surface area contributed by atoms with E-state index in [1.165, 1.54) is 0 Å². The first-order valence-electron chi connectivity index (χ1n) is 7.20. The van der Waals surface area contributed by atoms with E-state index in [9.17, 15) is 4.79 Å². The van der Waals surface area contributed by atoms with Crippen LogP contribution >= 0.6 is 0 Å². The third kappa shape index (κ3) is 1.86. The van der Waals surface area contributed by atoms with Gasteiger partial charge in [0.25, 0.3) is 0 Å². The number of nitrogens with zero attached hydrogens (tertiary/aromatic N) is 1. The van der Waals surface area contributed by atoms with Crippen LogP contribution in [0.15, 0.2) is 0 Å². The summed E-state index contributed by atoms with van der Waals surface area (Å²) in [5.41, 5.74) is 0.00268. The molecule has 1 N–H and O–H groups in total. The molecular weight excluding hydrogens is 228 g/mol. The predicted octanol–water partition coefficient (Wildman–Crippen LogP) is 0.869. The van der Waals surface area contributed by atoms with Crippen molar-refractivity contribution in [2.24, 2.45) is 17.8 Å². The van der Waals surface area contributed by atoms with E-state index >= 15 is 0 Å². The highest BCUT2D eigenvalue weighted by molar-refractivity contribution is 5.80. The van der Waals surface area contributed by atoms with Crippen LogP contribution in [0.4, 0.5) is 0 Å². The average molecular weight is 252 g/mol. The van der Waals surface area contributed by atoms with Crippen LogP contribution < -0.4 is 5.32 Å². The molecule has 0 radical (unpaired) electrons. The zero-order valence-corrected chi connectivity index (χ0v) is 11.4. The Labute approximate surface area is 109 Å². The van der Waals surface area contributed by atoms with E-state index in [0.29, 0.717) is 24.3 Å². The molecule has 3 aliphatic heterocycles. The van der Waals surface area contributed by atoms with Crippen LogP contribution in [0.5, 0.6) is 0 Å². The predicted molar refractivity (Wildman–Crippen MR) is 69.2 cm³/mol. The lowest BCUT2D eigenvalue weighted by Crippen LogP contribution is -2.50. The standard InChI is InChI=1S/C14H24N2O2/c1-14(2)12-7-15-6-11(12)8-16(14)13(17)10-4-3-5-18-9-10/h10-12,15H,3-9H2,1-2H3. The summed E-state index contributed by atoms with van der Waals surface area (Å²) in [6.07, 6.45) is 2.03. The molecule has 0 aromatic heterocycles. The molecule has 3 fully saturated rings. The molecule has 0 bridgehead atoms. The van der Waals surface area contributed by atoms with Crippen LogP contribution in [0.25, 0.3) is 0 Å². The van der Waals surface area contributed by atoms with Crippen LogP contribution in [-0.2, 0) is 9.53 Å². The van der Waals surface area contributed by atoms with E-state index in [-0.39, 0.29) is 11.5 Å². The molecule has 0 spiro atoms. The Balaban J connectivity index is 1.74. The van der Waals surface area contributed by atoms with E-state index in [1.54, 1.807) is 0 Å². The number of fused-ring (bicyclic) bond motifs is 1. The number of ether oxygens (including phenoxy) is 1. The monoisotopic (exact) mass is 252 g/mol. The molecule has 1 amide bonds. The van der Waals surface area contributed by atoms with Crippen molar-refractivity contribution in [1.82, 2.24) is 10.2 Å². The highest BCUT2D eigenvalue weighted by Crippen LogP contribution is 2.41. The van der Waals surface area contributed by atoms with Crippen molar-refractivity contribution in [3.8, 4) is 0 Å². The summed E-state index contributed by atoms with van der Waals surface area (Å²) in [4.78, 5) is 14.8. The molecule has 3 heterocycles. The summed E-state index contributed by atoms with van der Waals surface area (Å²) in [6, 6.07) is 0. The molecule has 18 heavy (non-hydrogen) atoms. The Hall–Kier alpha value is -0.610. The van der Waals surface area contributed by atoms with Gasteiger partial charge in [0, 0.05) is 31.8 Å². The summed E-state index contributed by atoms with van der Waals surface area (Å²) in [5.74, 6) is 1.69. The molecule has 3 unspecified atom stereocenters. The highest BCUT2D eigenvalue weighted by atomic mass is 16.5. The highest BCUT2D eigenvalue weighted by Gasteiger charge is 2.52. The number of hydrogen-bond donors (Lipinski definition) is 1. The van der Waals surface area contributed by atoms with E-state index in [0.717, 1.165) is 39.1 Å². The fourth-order valence-corrected chi connectivity index (χ4v) is 3.95. The van der Waals surface area contributed by atoms with Gasteiger partial charge in [0.05, 0.1) is 12.5 Å². The number of nitrogens with one attached hydrogen (secondary N) is 1. The zero-order chi connectivity index (χ0) is 12.8. The lowest BCUT2D eigenvalue weighted by Gasteiger charge is -2.38. The maximum absolute atomic E-state index is 12.7. The van der Waals surface area contributed by atoms with Gasteiger partial charge in [-0.1, -0.05) is 0 Å². The average Bonchev–Trinajstić information content (AvgIpc) is 2.92. The lowest BCUT2D eigenvalue weighted by atomic mass is 9.84. The molecule has 0 aromatic carbocycles. The minimum atomic E-state index is 0.00268. The maximum atomic E-state index is 12.7. The first-order valence-corrected chi connectivity index (χ1v) is 7.20. The molecule has 3 saturated heterocycles. The molecule has 4 heteroatoms. The number of likely N-dealkylation sites (tertiary alicyclic amines) is 1. The Morgan fingerprint density at radius 1 is 1.39 bits per heavy atom. The van der Waals surface area contributed by atoms with Gasteiger partial charge in [0.1, 0.15) is 0 Å². The second-order valence-corrected chi connectivity index (χ2v) is 6.54. The van der Waals surface area contributed by atoms with Crippen molar-refractivity contribution < 1.29 is 9.53 Å². The molecule has 3 rings (SSSR count). The van der Waals surface area contributed by atoms with Gasteiger partial charge in [0.2, 0.25) is 5.91 Å². The van der Waals surface area contributed by atoms with Crippen molar-refractivity contribution in [3.63, 3.8) is 0 Å². The first kappa shape index (κ1) is 12.4.